The van der Waals surface area contributed by atoms with Crippen LogP contribution >= 0.6 is 0 Å². The van der Waals surface area contributed by atoms with Gasteiger partial charge in [-0.25, -0.2) is 9.48 Å². The van der Waals surface area contributed by atoms with E-state index in [1.165, 1.54) is 22.4 Å². The highest BCUT2D eigenvalue weighted by Crippen LogP contribution is 2.55. The standard InChI is InChI=1S/C30H33N5O/c1-30-19-23-20-32-35(26-11-8-14-31-21-26)28(23)18-25(30)13-12-24(30)17-27(22-9-4-2-5-10-22)33-29(36)34-15-6-3-7-16-34/h2-6,8-11,14,18,20-21,24,27H,7,12-13,15-17,19H2,1H3,(H,33,36)/t24-,27?,30-/m1/s1. The van der Waals surface area contributed by atoms with Crippen LogP contribution in [0.15, 0.2) is 78.8 Å². The Morgan fingerprint density at radius 2 is 2.06 bits per heavy atom. The molecule has 6 heteroatoms. The highest BCUT2D eigenvalue weighted by atomic mass is 16.2. The van der Waals surface area contributed by atoms with Crippen molar-refractivity contribution < 1.29 is 4.79 Å². The second-order valence-corrected chi connectivity index (χ2v) is 10.5. The zero-order valence-electron chi connectivity index (χ0n) is 20.8. The second-order valence-electron chi connectivity index (χ2n) is 10.5. The predicted molar refractivity (Wildman–Crippen MR) is 142 cm³/mol. The van der Waals surface area contributed by atoms with Crippen molar-refractivity contribution in [2.45, 2.75) is 45.1 Å². The number of nitrogens with one attached hydrogen (secondary N) is 1. The summed E-state index contributed by atoms with van der Waals surface area (Å²) < 4.78 is 2.02. The SMILES string of the molecule is C[C@]12Cc3cnn(-c4cccnc4)c3C=C1CC[C@@H]2CC(NC(=O)N1CC=CCC1)c1ccccc1. The summed E-state index contributed by atoms with van der Waals surface area (Å²) in [6.45, 7) is 3.88. The quantitative estimate of drug-likeness (QED) is 0.476. The maximum atomic E-state index is 13.2. The van der Waals surface area contributed by atoms with Crippen molar-refractivity contribution in [2.75, 3.05) is 13.1 Å². The highest BCUT2D eigenvalue weighted by Gasteiger charge is 2.46. The summed E-state index contributed by atoms with van der Waals surface area (Å²) in [5, 5.41) is 8.11. The van der Waals surface area contributed by atoms with E-state index in [0.29, 0.717) is 12.5 Å². The van der Waals surface area contributed by atoms with E-state index in [9.17, 15) is 4.79 Å². The van der Waals surface area contributed by atoms with Gasteiger partial charge in [-0.3, -0.25) is 4.98 Å². The van der Waals surface area contributed by atoms with Gasteiger partial charge in [0.2, 0.25) is 0 Å². The van der Waals surface area contributed by atoms with Gasteiger partial charge in [-0.15, -0.1) is 0 Å². The molecule has 1 saturated carbocycles. The summed E-state index contributed by atoms with van der Waals surface area (Å²) in [6, 6.07) is 14.5. The fraction of sp³-hybridized carbons (Fsp3) is 0.367. The molecule has 3 heterocycles. The van der Waals surface area contributed by atoms with Gasteiger partial charge in [0.25, 0.3) is 0 Å². The third-order valence-electron chi connectivity index (χ3n) is 8.41. The van der Waals surface area contributed by atoms with Gasteiger partial charge in [-0.05, 0) is 72.8 Å². The summed E-state index contributed by atoms with van der Waals surface area (Å²) in [4.78, 5) is 19.4. The topological polar surface area (TPSA) is 63.1 Å². The number of hydrogen-bond acceptors (Lipinski definition) is 3. The lowest BCUT2D eigenvalue weighted by Gasteiger charge is -2.38. The van der Waals surface area contributed by atoms with Gasteiger partial charge in [0.1, 0.15) is 0 Å². The average Bonchev–Trinajstić information content (AvgIpc) is 3.47. The molecular formula is C30H33N5O. The zero-order chi connectivity index (χ0) is 24.5. The Bertz CT molecular complexity index is 1300. The molecule has 1 N–H and O–H groups in total. The van der Waals surface area contributed by atoms with Gasteiger partial charge in [0.05, 0.1) is 29.8 Å². The van der Waals surface area contributed by atoms with E-state index >= 15 is 0 Å². The average molecular weight is 480 g/mol. The fourth-order valence-electron chi connectivity index (χ4n) is 6.31. The normalized spacial score (nSPS) is 23.5. The number of benzene rings is 1. The summed E-state index contributed by atoms with van der Waals surface area (Å²) in [5.74, 6) is 0.477. The lowest BCUT2D eigenvalue weighted by Crippen LogP contribution is -2.44. The van der Waals surface area contributed by atoms with Crippen molar-refractivity contribution >= 4 is 12.1 Å². The summed E-state index contributed by atoms with van der Waals surface area (Å²) in [5.41, 5.74) is 6.22. The van der Waals surface area contributed by atoms with Crippen LogP contribution in [0, 0.1) is 11.3 Å². The van der Waals surface area contributed by atoms with Crippen LogP contribution in [-0.2, 0) is 6.42 Å². The Kier molecular flexibility index (Phi) is 5.96. The number of aromatic nitrogens is 3. The lowest BCUT2D eigenvalue weighted by atomic mass is 9.68. The van der Waals surface area contributed by atoms with Gasteiger partial charge in [0.15, 0.2) is 0 Å². The molecule has 1 unspecified atom stereocenters. The molecule has 3 atom stereocenters. The summed E-state index contributed by atoms with van der Waals surface area (Å²) in [6.07, 6.45) is 17.3. The minimum absolute atomic E-state index is 0.00899. The van der Waals surface area contributed by atoms with Crippen LogP contribution in [0.2, 0.25) is 0 Å². The van der Waals surface area contributed by atoms with Crippen molar-refractivity contribution in [3.05, 3.63) is 95.6 Å². The van der Waals surface area contributed by atoms with E-state index in [1.807, 2.05) is 34.1 Å². The predicted octanol–water partition coefficient (Wildman–Crippen LogP) is 5.73. The number of nitrogens with zero attached hydrogens (tertiary/aromatic N) is 4. The Morgan fingerprint density at radius 1 is 1.17 bits per heavy atom. The third-order valence-corrected chi connectivity index (χ3v) is 8.41. The number of urea groups is 1. The zero-order valence-corrected chi connectivity index (χ0v) is 20.8. The minimum Gasteiger partial charge on any atom is -0.331 e. The number of carbonyl (C=O) groups is 1. The van der Waals surface area contributed by atoms with Gasteiger partial charge in [-0.2, -0.15) is 5.10 Å². The van der Waals surface area contributed by atoms with Crippen LogP contribution in [0.4, 0.5) is 4.79 Å². The van der Waals surface area contributed by atoms with Crippen molar-refractivity contribution in [1.29, 1.82) is 0 Å². The van der Waals surface area contributed by atoms with Gasteiger partial charge < -0.3 is 10.2 Å². The number of allylic oxidation sites excluding steroid dienone is 1. The molecule has 2 amide bonds. The first-order chi connectivity index (χ1) is 17.6. The molecule has 1 aromatic carbocycles. The molecule has 2 aliphatic carbocycles. The molecule has 36 heavy (non-hydrogen) atoms. The molecule has 0 radical (unpaired) electrons. The molecule has 6 nitrogen and oxygen atoms in total. The third kappa shape index (κ3) is 4.15. The number of hydrogen-bond donors (Lipinski definition) is 1. The maximum absolute atomic E-state index is 13.2. The highest BCUT2D eigenvalue weighted by molar-refractivity contribution is 5.75. The first kappa shape index (κ1) is 22.8. The summed E-state index contributed by atoms with van der Waals surface area (Å²) in [7, 11) is 0. The Hall–Kier alpha value is -3.67. The minimum atomic E-state index is -0.00899. The van der Waals surface area contributed by atoms with E-state index in [2.05, 4.69) is 65.8 Å². The Morgan fingerprint density at radius 3 is 2.83 bits per heavy atom. The van der Waals surface area contributed by atoms with Crippen LogP contribution < -0.4 is 5.32 Å². The van der Waals surface area contributed by atoms with Crippen molar-refractivity contribution in [1.82, 2.24) is 25.0 Å². The largest absolute Gasteiger partial charge is 0.331 e. The first-order valence-electron chi connectivity index (χ1n) is 13.1. The van der Waals surface area contributed by atoms with E-state index in [1.54, 1.807) is 6.20 Å². The van der Waals surface area contributed by atoms with Crippen LogP contribution in [0.1, 0.15) is 55.5 Å². The molecule has 1 aliphatic heterocycles. The Balaban J connectivity index is 1.25. The molecule has 3 aliphatic rings. The molecular weight excluding hydrogens is 446 g/mol. The van der Waals surface area contributed by atoms with Crippen LogP contribution in [0.3, 0.4) is 0 Å². The van der Waals surface area contributed by atoms with Crippen LogP contribution in [0.25, 0.3) is 11.8 Å². The summed E-state index contributed by atoms with van der Waals surface area (Å²) >= 11 is 0. The molecule has 184 valence electrons. The van der Waals surface area contributed by atoms with E-state index in [4.69, 9.17) is 5.10 Å². The smallest absolute Gasteiger partial charge is 0.318 e. The molecule has 0 spiro atoms. The number of fused-ring (bicyclic) bond motifs is 2. The molecule has 0 bridgehead atoms. The van der Waals surface area contributed by atoms with Crippen molar-refractivity contribution in [3.63, 3.8) is 0 Å². The van der Waals surface area contributed by atoms with Crippen LogP contribution in [0.5, 0.6) is 0 Å². The molecule has 0 saturated heterocycles. The van der Waals surface area contributed by atoms with Crippen LogP contribution in [-0.4, -0.2) is 38.8 Å². The van der Waals surface area contributed by atoms with E-state index in [-0.39, 0.29) is 17.5 Å². The number of amides is 2. The molecule has 2 aromatic heterocycles. The lowest BCUT2D eigenvalue weighted by molar-refractivity contribution is 0.188. The fourth-order valence-corrected chi connectivity index (χ4v) is 6.31. The monoisotopic (exact) mass is 479 g/mol. The second kappa shape index (κ2) is 9.41. The molecule has 6 rings (SSSR count). The van der Waals surface area contributed by atoms with E-state index < -0.39 is 0 Å². The number of rotatable bonds is 5. The molecule has 1 fully saturated rings. The van der Waals surface area contributed by atoms with E-state index in [0.717, 1.165) is 44.3 Å². The number of carbonyl (C=O) groups excluding carboxylic acids is 1. The van der Waals surface area contributed by atoms with Crippen molar-refractivity contribution in [3.8, 4) is 5.69 Å². The van der Waals surface area contributed by atoms with Gasteiger partial charge in [-0.1, -0.05) is 55.0 Å². The molecule has 3 aromatic rings. The van der Waals surface area contributed by atoms with Crippen molar-refractivity contribution in [2.24, 2.45) is 11.3 Å². The van der Waals surface area contributed by atoms with Gasteiger partial charge in [0, 0.05) is 19.3 Å². The number of pyridine rings is 1. The van der Waals surface area contributed by atoms with Gasteiger partial charge >= 0.3 is 6.03 Å². The Labute approximate surface area is 212 Å². The maximum Gasteiger partial charge on any atom is 0.318 e. The first-order valence-corrected chi connectivity index (χ1v) is 13.1.